The fraction of sp³-hybridized carbons (Fsp3) is 0.533. The number of carbonyl (C=O) groups is 1. The van der Waals surface area contributed by atoms with Crippen LogP contribution in [0.1, 0.15) is 44.2 Å². The van der Waals surface area contributed by atoms with Crippen molar-refractivity contribution in [1.29, 1.82) is 0 Å². The molecular weight excluding hydrogens is 226 g/mol. The van der Waals surface area contributed by atoms with Crippen molar-refractivity contribution in [3.05, 3.63) is 35.9 Å². The number of rotatable bonds is 1. The molecule has 0 aromatic heterocycles. The van der Waals surface area contributed by atoms with Gasteiger partial charge in [0.2, 0.25) is 5.91 Å². The molecule has 2 fully saturated rings. The lowest BCUT2D eigenvalue weighted by Gasteiger charge is -2.47. The van der Waals surface area contributed by atoms with E-state index in [1.165, 1.54) is 0 Å². The van der Waals surface area contributed by atoms with Gasteiger partial charge in [-0.15, -0.1) is 0 Å². The Bertz CT molecular complexity index is 459. The first-order valence-corrected chi connectivity index (χ1v) is 6.72. The SMILES string of the molecule is C[C@H]1CC[C@@H](c2ccccc2)N2C(=O)CC[C@]12O. The van der Waals surface area contributed by atoms with Gasteiger partial charge in [0, 0.05) is 18.8 Å². The van der Waals surface area contributed by atoms with Crippen molar-refractivity contribution < 1.29 is 9.90 Å². The number of hydrogen-bond donors (Lipinski definition) is 1. The third-order valence-electron chi connectivity index (χ3n) is 4.55. The molecule has 3 heteroatoms. The predicted octanol–water partition coefficient (Wildman–Crippen LogP) is 2.47. The molecule has 0 bridgehead atoms. The molecule has 0 radical (unpaired) electrons. The van der Waals surface area contributed by atoms with E-state index in [9.17, 15) is 9.90 Å². The third-order valence-corrected chi connectivity index (χ3v) is 4.55. The molecule has 0 unspecified atom stereocenters. The van der Waals surface area contributed by atoms with Gasteiger partial charge in [0.1, 0.15) is 5.72 Å². The van der Waals surface area contributed by atoms with Crippen LogP contribution in [0.5, 0.6) is 0 Å². The van der Waals surface area contributed by atoms with Gasteiger partial charge in [0.05, 0.1) is 6.04 Å². The van der Waals surface area contributed by atoms with E-state index < -0.39 is 5.72 Å². The van der Waals surface area contributed by atoms with Gasteiger partial charge in [-0.3, -0.25) is 4.79 Å². The van der Waals surface area contributed by atoms with E-state index in [0.29, 0.717) is 12.8 Å². The lowest BCUT2D eigenvalue weighted by Crippen LogP contribution is -2.55. The van der Waals surface area contributed by atoms with Crippen LogP contribution in [-0.2, 0) is 4.79 Å². The van der Waals surface area contributed by atoms with E-state index in [1.807, 2.05) is 37.3 Å². The van der Waals surface area contributed by atoms with Crippen LogP contribution >= 0.6 is 0 Å². The summed E-state index contributed by atoms with van der Waals surface area (Å²) in [6.07, 6.45) is 2.97. The molecule has 1 aromatic carbocycles. The highest BCUT2D eigenvalue weighted by Crippen LogP contribution is 2.48. The number of hydrogen-bond acceptors (Lipinski definition) is 2. The average Bonchev–Trinajstić information content (AvgIpc) is 2.70. The summed E-state index contributed by atoms with van der Waals surface area (Å²) in [5.41, 5.74) is 0.216. The molecule has 96 valence electrons. The van der Waals surface area contributed by atoms with Gasteiger partial charge >= 0.3 is 0 Å². The molecule has 0 spiro atoms. The van der Waals surface area contributed by atoms with Crippen LogP contribution in [0.3, 0.4) is 0 Å². The molecule has 0 saturated carbocycles. The lowest BCUT2D eigenvalue weighted by atomic mass is 9.82. The summed E-state index contributed by atoms with van der Waals surface area (Å²) in [5, 5.41) is 10.8. The second-order valence-electron chi connectivity index (χ2n) is 5.55. The highest BCUT2D eigenvalue weighted by Gasteiger charge is 2.53. The molecule has 1 amide bonds. The third kappa shape index (κ3) is 1.57. The van der Waals surface area contributed by atoms with E-state index in [1.54, 1.807) is 4.90 Å². The number of amides is 1. The molecule has 2 heterocycles. The quantitative estimate of drug-likeness (QED) is 0.825. The average molecular weight is 245 g/mol. The minimum absolute atomic E-state index is 0.0439. The zero-order chi connectivity index (χ0) is 12.8. The lowest BCUT2D eigenvalue weighted by molar-refractivity contribution is -0.179. The summed E-state index contributed by atoms with van der Waals surface area (Å²) in [6.45, 7) is 2.05. The van der Waals surface area contributed by atoms with E-state index in [-0.39, 0.29) is 17.9 Å². The van der Waals surface area contributed by atoms with Crippen molar-refractivity contribution in [3.8, 4) is 0 Å². The van der Waals surface area contributed by atoms with Crippen LogP contribution in [0.4, 0.5) is 0 Å². The van der Waals surface area contributed by atoms with Crippen LogP contribution in [0.25, 0.3) is 0 Å². The summed E-state index contributed by atoms with van der Waals surface area (Å²) in [6, 6.07) is 10.1. The number of benzene rings is 1. The smallest absolute Gasteiger partial charge is 0.225 e. The van der Waals surface area contributed by atoms with Crippen LogP contribution in [0, 0.1) is 5.92 Å². The number of piperidine rings is 1. The van der Waals surface area contributed by atoms with Crippen molar-refractivity contribution in [2.24, 2.45) is 5.92 Å². The highest BCUT2D eigenvalue weighted by molar-refractivity contribution is 5.80. The fourth-order valence-electron chi connectivity index (χ4n) is 3.43. The van der Waals surface area contributed by atoms with Crippen LogP contribution < -0.4 is 0 Å². The Balaban J connectivity index is 1.99. The van der Waals surface area contributed by atoms with Crippen molar-refractivity contribution >= 4 is 5.91 Å². The Morgan fingerprint density at radius 3 is 2.72 bits per heavy atom. The molecule has 2 aliphatic heterocycles. The maximum Gasteiger partial charge on any atom is 0.225 e. The van der Waals surface area contributed by atoms with E-state index in [0.717, 1.165) is 18.4 Å². The summed E-state index contributed by atoms with van der Waals surface area (Å²) in [4.78, 5) is 13.9. The Morgan fingerprint density at radius 2 is 2.00 bits per heavy atom. The maximum atomic E-state index is 12.1. The standard InChI is InChI=1S/C15H19NO2/c1-11-7-8-13(12-5-3-2-4-6-12)16-14(17)9-10-15(11,16)18/h2-6,11,13,18H,7-10H2,1H3/t11-,13-,15-/m0/s1. The summed E-state index contributed by atoms with van der Waals surface area (Å²) in [7, 11) is 0. The predicted molar refractivity (Wildman–Crippen MR) is 68.6 cm³/mol. The first-order valence-electron chi connectivity index (χ1n) is 6.72. The van der Waals surface area contributed by atoms with Crippen molar-refractivity contribution in [3.63, 3.8) is 0 Å². The van der Waals surface area contributed by atoms with Crippen LogP contribution in [0.15, 0.2) is 30.3 Å². The maximum absolute atomic E-state index is 12.1. The van der Waals surface area contributed by atoms with Gasteiger partial charge in [-0.1, -0.05) is 37.3 Å². The summed E-state index contributed by atoms with van der Waals surface area (Å²) in [5.74, 6) is 0.266. The molecule has 2 saturated heterocycles. The van der Waals surface area contributed by atoms with Gasteiger partial charge in [0.25, 0.3) is 0 Å². The Hall–Kier alpha value is -1.35. The van der Waals surface area contributed by atoms with Crippen LogP contribution in [-0.4, -0.2) is 21.6 Å². The molecule has 18 heavy (non-hydrogen) atoms. The number of nitrogens with zero attached hydrogens (tertiary/aromatic N) is 1. The van der Waals surface area contributed by atoms with Gasteiger partial charge in [0.15, 0.2) is 0 Å². The number of carbonyl (C=O) groups excluding carboxylic acids is 1. The second kappa shape index (κ2) is 4.09. The van der Waals surface area contributed by atoms with Gasteiger partial charge in [-0.05, 0) is 18.4 Å². The Kier molecular flexibility index (Phi) is 2.67. The minimum atomic E-state index is -0.921. The molecule has 3 rings (SSSR count). The molecular formula is C15H19NO2. The minimum Gasteiger partial charge on any atom is -0.370 e. The highest BCUT2D eigenvalue weighted by atomic mass is 16.3. The van der Waals surface area contributed by atoms with E-state index in [4.69, 9.17) is 0 Å². The molecule has 3 nitrogen and oxygen atoms in total. The van der Waals surface area contributed by atoms with Gasteiger partial charge in [-0.25, -0.2) is 0 Å². The monoisotopic (exact) mass is 245 g/mol. The van der Waals surface area contributed by atoms with Crippen molar-refractivity contribution in [2.45, 2.75) is 44.4 Å². The van der Waals surface area contributed by atoms with Crippen molar-refractivity contribution in [1.82, 2.24) is 4.90 Å². The molecule has 1 aromatic rings. The summed E-state index contributed by atoms with van der Waals surface area (Å²) >= 11 is 0. The molecule has 2 aliphatic rings. The van der Waals surface area contributed by atoms with E-state index >= 15 is 0 Å². The summed E-state index contributed by atoms with van der Waals surface area (Å²) < 4.78 is 0. The molecule has 3 atom stereocenters. The second-order valence-corrected chi connectivity index (χ2v) is 5.55. The fourth-order valence-corrected chi connectivity index (χ4v) is 3.43. The Labute approximate surface area is 107 Å². The molecule has 1 N–H and O–H groups in total. The van der Waals surface area contributed by atoms with Crippen LogP contribution in [0.2, 0.25) is 0 Å². The zero-order valence-corrected chi connectivity index (χ0v) is 10.7. The van der Waals surface area contributed by atoms with Crippen molar-refractivity contribution in [2.75, 3.05) is 0 Å². The largest absolute Gasteiger partial charge is 0.370 e. The van der Waals surface area contributed by atoms with E-state index in [2.05, 4.69) is 0 Å². The number of aliphatic hydroxyl groups is 1. The topological polar surface area (TPSA) is 40.5 Å². The normalized spacial score (nSPS) is 35.7. The first kappa shape index (κ1) is 11.7. The zero-order valence-electron chi connectivity index (χ0n) is 10.7. The number of fused-ring (bicyclic) bond motifs is 1. The van der Waals surface area contributed by atoms with Gasteiger partial charge in [-0.2, -0.15) is 0 Å². The molecule has 0 aliphatic carbocycles. The van der Waals surface area contributed by atoms with Gasteiger partial charge < -0.3 is 10.0 Å². The first-order chi connectivity index (χ1) is 8.63. The Morgan fingerprint density at radius 1 is 1.28 bits per heavy atom.